The van der Waals surface area contributed by atoms with Gasteiger partial charge in [-0.05, 0) is 66.0 Å². The lowest BCUT2D eigenvalue weighted by atomic mass is 9.95. The van der Waals surface area contributed by atoms with Crippen LogP contribution in [0.15, 0.2) is 29.1 Å². The third-order valence-electron chi connectivity index (χ3n) is 8.08. The van der Waals surface area contributed by atoms with Crippen LogP contribution in [0.1, 0.15) is 73.6 Å². The van der Waals surface area contributed by atoms with E-state index in [9.17, 15) is 19.2 Å². The summed E-state index contributed by atoms with van der Waals surface area (Å²) in [7, 11) is 5.90. The maximum atomic E-state index is 13.9. The Hall–Kier alpha value is -4.65. The summed E-state index contributed by atoms with van der Waals surface area (Å²) in [5, 5.41) is 9.26. The van der Waals surface area contributed by atoms with Gasteiger partial charge in [-0.3, -0.25) is 14.4 Å². The molecule has 2 atom stereocenters. The first-order valence-corrected chi connectivity index (χ1v) is 16.6. The topological polar surface area (TPSA) is 154 Å². The summed E-state index contributed by atoms with van der Waals surface area (Å²) in [5.74, 6) is 0.137. The Balaban J connectivity index is 1.79. The number of esters is 1. The van der Waals surface area contributed by atoms with Gasteiger partial charge in [0.25, 0.3) is 0 Å². The van der Waals surface area contributed by atoms with Crippen LogP contribution in [0.3, 0.4) is 0 Å². The van der Waals surface area contributed by atoms with Gasteiger partial charge in [-0.25, -0.2) is 9.78 Å². The molecule has 0 radical (unpaired) electrons. The summed E-state index contributed by atoms with van der Waals surface area (Å²) >= 11 is 1.22. The van der Waals surface area contributed by atoms with Gasteiger partial charge < -0.3 is 34.9 Å². The number of fused-ring (bicyclic) bond motifs is 3. The van der Waals surface area contributed by atoms with Crippen molar-refractivity contribution in [3.8, 4) is 28.4 Å². The van der Waals surface area contributed by atoms with E-state index in [1.807, 2.05) is 33.8 Å². The molecular formula is C35H44N4O8S. The minimum atomic E-state index is -0.837. The maximum Gasteiger partial charge on any atom is 0.357 e. The predicted octanol–water partition coefficient (Wildman–Crippen LogP) is 5.38. The first-order valence-electron chi connectivity index (χ1n) is 15.8. The van der Waals surface area contributed by atoms with Crippen molar-refractivity contribution in [1.29, 1.82) is 0 Å². The van der Waals surface area contributed by atoms with Crippen molar-refractivity contribution in [2.75, 3.05) is 39.1 Å². The van der Waals surface area contributed by atoms with Gasteiger partial charge in [-0.15, -0.1) is 11.3 Å². The largest absolute Gasteiger partial charge is 0.493 e. The molecule has 12 nitrogen and oxygen atoms in total. The van der Waals surface area contributed by atoms with Gasteiger partial charge in [0, 0.05) is 17.4 Å². The second-order valence-electron chi connectivity index (χ2n) is 12.3. The number of amides is 2. The molecule has 1 heterocycles. The third-order valence-corrected chi connectivity index (χ3v) is 9.07. The van der Waals surface area contributed by atoms with Gasteiger partial charge in [-0.2, -0.15) is 0 Å². The zero-order valence-corrected chi connectivity index (χ0v) is 29.7. The lowest BCUT2D eigenvalue weighted by Crippen LogP contribution is -2.39. The molecule has 0 spiro atoms. The number of ether oxygens (including phenoxy) is 4. The van der Waals surface area contributed by atoms with Crippen LogP contribution in [0.4, 0.5) is 10.8 Å². The number of carbonyl (C=O) groups excluding carboxylic acids is 3. The van der Waals surface area contributed by atoms with Crippen LogP contribution in [0, 0.1) is 11.8 Å². The number of anilines is 2. The van der Waals surface area contributed by atoms with E-state index in [2.05, 4.69) is 20.9 Å². The highest BCUT2D eigenvalue weighted by Gasteiger charge is 2.31. The highest BCUT2D eigenvalue weighted by Crippen LogP contribution is 2.50. The van der Waals surface area contributed by atoms with E-state index < -0.39 is 24.0 Å². The Labute approximate surface area is 284 Å². The number of thiazole rings is 1. The van der Waals surface area contributed by atoms with Crippen LogP contribution in [0.5, 0.6) is 17.2 Å². The summed E-state index contributed by atoms with van der Waals surface area (Å²) in [5.41, 5.74) is 2.90. The van der Waals surface area contributed by atoms with Crippen LogP contribution >= 0.6 is 11.3 Å². The molecule has 0 unspecified atom stereocenters. The Morgan fingerprint density at radius 1 is 1.00 bits per heavy atom. The van der Waals surface area contributed by atoms with Crippen LogP contribution < -0.4 is 35.6 Å². The average Bonchev–Trinajstić information content (AvgIpc) is 3.27. The third kappa shape index (κ3) is 7.73. The van der Waals surface area contributed by atoms with Gasteiger partial charge in [0.15, 0.2) is 22.3 Å². The number of methoxy groups -OCH3 is 4. The van der Waals surface area contributed by atoms with Crippen molar-refractivity contribution >= 4 is 39.9 Å². The number of aryl methyl sites for hydroxylation is 1. The summed E-state index contributed by atoms with van der Waals surface area (Å²) in [6.07, 6.45) is 1.68. The van der Waals surface area contributed by atoms with Crippen molar-refractivity contribution in [1.82, 2.24) is 10.3 Å². The van der Waals surface area contributed by atoms with E-state index in [4.69, 9.17) is 18.9 Å². The Kier molecular flexibility index (Phi) is 11.7. The molecule has 2 amide bonds. The zero-order chi connectivity index (χ0) is 35.3. The fraction of sp³-hybridized carbons (Fsp3) is 0.457. The number of hydrogen-bond acceptors (Lipinski definition) is 11. The number of nitrogens with one attached hydrogen (secondary N) is 3. The number of rotatable bonds is 12. The smallest absolute Gasteiger partial charge is 0.357 e. The van der Waals surface area contributed by atoms with Gasteiger partial charge in [0.2, 0.25) is 23.0 Å². The molecule has 4 rings (SSSR count). The van der Waals surface area contributed by atoms with Gasteiger partial charge >= 0.3 is 5.97 Å². The molecule has 0 aliphatic heterocycles. The molecule has 1 aromatic heterocycles. The minimum absolute atomic E-state index is 0.178. The fourth-order valence-corrected chi connectivity index (χ4v) is 7.05. The molecule has 3 aromatic rings. The number of carbonyl (C=O) groups is 3. The van der Waals surface area contributed by atoms with Crippen molar-refractivity contribution < 1.29 is 33.3 Å². The second-order valence-corrected chi connectivity index (χ2v) is 13.4. The van der Waals surface area contributed by atoms with Crippen LogP contribution in [0.2, 0.25) is 0 Å². The predicted molar refractivity (Wildman–Crippen MR) is 186 cm³/mol. The summed E-state index contributed by atoms with van der Waals surface area (Å²) in [6, 6.07) is 5.51. The van der Waals surface area contributed by atoms with E-state index in [1.54, 1.807) is 19.2 Å². The highest BCUT2D eigenvalue weighted by atomic mass is 32.1. The number of benzene rings is 1. The number of aromatic nitrogens is 1. The SMILES string of the molecule is COC(=O)c1nc(NC(=O)[C@H](Nc2ccc3c(cc2=O)[C@@H](NC(C)=O)CCc2cc(OC)c(OC)c(OC)c2-3)C(C)C)sc1CC(C)C. The molecule has 3 N–H and O–H groups in total. The first-order chi connectivity index (χ1) is 22.8. The molecule has 0 bridgehead atoms. The molecule has 2 aromatic carbocycles. The fourth-order valence-electron chi connectivity index (χ4n) is 5.88. The van der Waals surface area contributed by atoms with E-state index in [1.165, 1.54) is 45.7 Å². The summed E-state index contributed by atoms with van der Waals surface area (Å²) in [4.78, 5) is 57.3. The number of hydrogen-bond donors (Lipinski definition) is 3. The normalized spacial score (nSPS) is 14.3. The second kappa shape index (κ2) is 15.5. The molecular weight excluding hydrogens is 636 g/mol. The Morgan fingerprint density at radius 2 is 1.71 bits per heavy atom. The molecule has 258 valence electrons. The molecule has 0 saturated carbocycles. The van der Waals surface area contributed by atoms with Crippen molar-refractivity contribution in [2.24, 2.45) is 11.8 Å². The molecule has 1 aliphatic carbocycles. The van der Waals surface area contributed by atoms with E-state index >= 15 is 0 Å². The Morgan fingerprint density at radius 3 is 2.29 bits per heavy atom. The number of nitrogens with zero attached hydrogens (tertiary/aromatic N) is 1. The highest BCUT2D eigenvalue weighted by molar-refractivity contribution is 7.16. The van der Waals surface area contributed by atoms with Gasteiger partial charge in [0.05, 0.1) is 40.2 Å². The van der Waals surface area contributed by atoms with Crippen LogP contribution in [-0.4, -0.2) is 57.2 Å². The Bertz CT molecular complexity index is 1750. The molecule has 13 heteroatoms. The van der Waals surface area contributed by atoms with Crippen molar-refractivity contribution in [2.45, 2.75) is 66.0 Å². The quantitative estimate of drug-likeness (QED) is 0.213. The minimum Gasteiger partial charge on any atom is -0.493 e. The molecule has 1 aliphatic rings. The van der Waals surface area contributed by atoms with E-state index in [-0.39, 0.29) is 39.7 Å². The first kappa shape index (κ1) is 36.2. The maximum absolute atomic E-state index is 13.9. The van der Waals surface area contributed by atoms with Crippen molar-refractivity contribution in [3.05, 3.63) is 56.2 Å². The molecule has 0 saturated heterocycles. The average molecular weight is 681 g/mol. The monoisotopic (exact) mass is 680 g/mol. The molecule has 0 fully saturated rings. The van der Waals surface area contributed by atoms with Gasteiger partial charge in [0.1, 0.15) is 6.04 Å². The lowest BCUT2D eigenvalue weighted by Gasteiger charge is -2.21. The van der Waals surface area contributed by atoms with E-state index in [0.717, 1.165) is 16.0 Å². The molecule has 48 heavy (non-hydrogen) atoms. The lowest BCUT2D eigenvalue weighted by molar-refractivity contribution is -0.120. The van der Waals surface area contributed by atoms with Crippen LogP contribution in [0.25, 0.3) is 11.1 Å². The van der Waals surface area contributed by atoms with E-state index in [0.29, 0.717) is 47.6 Å². The van der Waals surface area contributed by atoms with Crippen LogP contribution in [-0.2, 0) is 27.2 Å². The standard InChI is InChI=1S/C35H44N4O8S/c1-17(2)14-27-30(34(43)47-9)38-35(48-27)39-33(42)29(18(3)4)37-24-13-11-21-22(16-25(24)41)23(36-19(5)40)12-10-20-15-26(44-6)31(45-7)32(46-8)28(20)21/h11,13,15-18,23,29H,10,12,14H2,1-9H3,(H,36,40)(H,37,41)(H,38,39,42)/t23-,29+/m0/s1. The van der Waals surface area contributed by atoms with Crippen molar-refractivity contribution in [3.63, 3.8) is 0 Å². The van der Waals surface area contributed by atoms with Gasteiger partial charge in [-0.1, -0.05) is 33.8 Å². The summed E-state index contributed by atoms with van der Waals surface area (Å²) < 4.78 is 22.0. The summed E-state index contributed by atoms with van der Waals surface area (Å²) in [6.45, 7) is 9.21. The zero-order valence-electron chi connectivity index (χ0n) is 28.9.